The Morgan fingerprint density at radius 2 is 1.96 bits per heavy atom. The maximum atomic E-state index is 12.8. The third-order valence-corrected chi connectivity index (χ3v) is 5.39. The van der Waals surface area contributed by atoms with Crippen LogP contribution in [-0.4, -0.2) is 57.6 Å². The molecule has 0 aromatic carbocycles. The maximum Gasteiger partial charge on any atom is 0.245 e. The molecule has 7 heteroatoms. The van der Waals surface area contributed by atoms with E-state index >= 15 is 0 Å². The molecule has 2 amide bonds. The molecule has 0 spiro atoms. The first-order valence-electron chi connectivity index (χ1n) is 8.48. The molecule has 2 fully saturated rings. The van der Waals surface area contributed by atoms with Gasteiger partial charge in [-0.1, -0.05) is 6.58 Å². The Kier molecular flexibility index (Phi) is 5.38. The molecule has 6 nitrogen and oxygen atoms in total. The predicted molar refractivity (Wildman–Crippen MR) is 94.3 cm³/mol. The Bertz CT molecular complexity index is 622. The van der Waals surface area contributed by atoms with Crippen molar-refractivity contribution in [2.45, 2.75) is 31.7 Å². The van der Waals surface area contributed by atoms with E-state index in [0.717, 1.165) is 49.8 Å². The van der Waals surface area contributed by atoms with Crippen molar-refractivity contribution in [3.63, 3.8) is 0 Å². The zero-order chi connectivity index (χ0) is 17.1. The summed E-state index contributed by atoms with van der Waals surface area (Å²) in [5.74, 6) is 0.0465. The molecular formula is C17H23BrN4O2. The maximum absolute atomic E-state index is 12.8. The van der Waals surface area contributed by atoms with E-state index in [2.05, 4.69) is 27.6 Å². The summed E-state index contributed by atoms with van der Waals surface area (Å²) in [6, 6.07) is 0.352. The lowest BCUT2D eigenvalue weighted by Crippen LogP contribution is -2.48. The van der Waals surface area contributed by atoms with E-state index in [9.17, 15) is 9.59 Å². The molecule has 1 atom stereocenters. The highest BCUT2D eigenvalue weighted by Gasteiger charge is 2.32. The number of amides is 2. The summed E-state index contributed by atoms with van der Waals surface area (Å²) in [6.45, 7) is 6.30. The van der Waals surface area contributed by atoms with Gasteiger partial charge >= 0.3 is 0 Å². The average molecular weight is 395 g/mol. The second-order valence-corrected chi connectivity index (χ2v) is 7.44. The largest absolute Gasteiger partial charge is 0.342 e. The van der Waals surface area contributed by atoms with Crippen molar-refractivity contribution in [2.24, 2.45) is 5.92 Å². The molecule has 3 rings (SSSR count). The number of carbonyl (C=O) groups excluding carboxylic acids is 2. The lowest BCUT2D eigenvalue weighted by Gasteiger charge is -2.37. The van der Waals surface area contributed by atoms with Gasteiger partial charge in [-0.3, -0.25) is 14.3 Å². The highest BCUT2D eigenvalue weighted by Crippen LogP contribution is 2.26. The van der Waals surface area contributed by atoms with E-state index in [-0.39, 0.29) is 17.7 Å². The number of aromatic nitrogens is 2. The fourth-order valence-electron chi connectivity index (χ4n) is 3.63. The van der Waals surface area contributed by atoms with Crippen molar-refractivity contribution in [1.29, 1.82) is 0 Å². The second kappa shape index (κ2) is 7.51. The molecule has 24 heavy (non-hydrogen) atoms. The van der Waals surface area contributed by atoms with Crippen LogP contribution in [0.5, 0.6) is 0 Å². The molecule has 2 aliphatic rings. The summed E-state index contributed by atoms with van der Waals surface area (Å²) in [4.78, 5) is 28.3. The van der Waals surface area contributed by atoms with Gasteiger partial charge in [0.1, 0.15) is 0 Å². The van der Waals surface area contributed by atoms with Gasteiger partial charge in [0.05, 0.1) is 22.6 Å². The lowest BCUT2D eigenvalue weighted by molar-refractivity contribution is -0.140. The van der Waals surface area contributed by atoms with E-state index in [1.807, 2.05) is 15.8 Å². The van der Waals surface area contributed by atoms with E-state index < -0.39 is 0 Å². The number of hydrogen-bond donors (Lipinski definition) is 0. The van der Waals surface area contributed by atoms with Crippen LogP contribution in [0.1, 0.15) is 31.7 Å². The number of halogens is 1. The van der Waals surface area contributed by atoms with Gasteiger partial charge in [-0.05, 0) is 47.7 Å². The van der Waals surface area contributed by atoms with Gasteiger partial charge in [0.2, 0.25) is 11.8 Å². The number of piperidine rings is 2. The van der Waals surface area contributed by atoms with Crippen LogP contribution in [0.2, 0.25) is 0 Å². The highest BCUT2D eigenvalue weighted by atomic mass is 79.9. The van der Waals surface area contributed by atoms with Crippen LogP contribution in [0, 0.1) is 5.92 Å². The molecule has 2 saturated heterocycles. The molecule has 130 valence electrons. The average Bonchev–Trinajstić information content (AvgIpc) is 3.07. The first kappa shape index (κ1) is 17.2. The number of hydrogen-bond acceptors (Lipinski definition) is 3. The van der Waals surface area contributed by atoms with E-state index in [0.29, 0.717) is 12.6 Å². The summed E-state index contributed by atoms with van der Waals surface area (Å²) in [5, 5.41) is 4.35. The van der Waals surface area contributed by atoms with Crippen LogP contribution in [0.25, 0.3) is 0 Å². The van der Waals surface area contributed by atoms with Gasteiger partial charge in [-0.15, -0.1) is 0 Å². The molecule has 1 unspecified atom stereocenters. The van der Waals surface area contributed by atoms with Crippen molar-refractivity contribution in [2.75, 3.05) is 26.2 Å². The molecule has 0 radical (unpaired) electrons. The van der Waals surface area contributed by atoms with Crippen LogP contribution in [-0.2, 0) is 9.59 Å². The smallest absolute Gasteiger partial charge is 0.245 e. The molecule has 0 aliphatic carbocycles. The minimum atomic E-state index is -0.0736. The van der Waals surface area contributed by atoms with Crippen molar-refractivity contribution < 1.29 is 9.59 Å². The van der Waals surface area contributed by atoms with Gasteiger partial charge in [0.15, 0.2) is 0 Å². The molecule has 0 bridgehead atoms. The predicted octanol–water partition coefficient (Wildman–Crippen LogP) is 2.23. The Hall–Kier alpha value is -1.63. The van der Waals surface area contributed by atoms with Crippen LogP contribution < -0.4 is 0 Å². The van der Waals surface area contributed by atoms with Gasteiger partial charge < -0.3 is 9.80 Å². The summed E-state index contributed by atoms with van der Waals surface area (Å²) < 4.78 is 2.96. The summed E-state index contributed by atoms with van der Waals surface area (Å²) in [7, 11) is 0. The molecule has 1 aromatic heterocycles. The van der Waals surface area contributed by atoms with Crippen LogP contribution >= 0.6 is 15.9 Å². The minimum Gasteiger partial charge on any atom is -0.342 e. The van der Waals surface area contributed by atoms with Crippen molar-refractivity contribution in [3.8, 4) is 0 Å². The number of likely N-dealkylation sites (tertiary alicyclic amines) is 2. The molecule has 1 aromatic rings. The third-order valence-electron chi connectivity index (χ3n) is 4.98. The van der Waals surface area contributed by atoms with E-state index in [1.165, 1.54) is 6.08 Å². The summed E-state index contributed by atoms with van der Waals surface area (Å²) >= 11 is 3.42. The Morgan fingerprint density at radius 3 is 2.58 bits per heavy atom. The number of nitrogens with zero attached hydrogens (tertiary/aromatic N) is 4. The van der Waals surface area contributed by atoms with Crippen molar-refractivity contribution >= 4 is 27.7 Å². The van der Waals surface area contributed by atoms with E-state index in [1.54, 1.807) is 11.1 Å². The van der Waals surface area contributed by atoms with Gasteiger partial charge in [0, 0.05) is 32.4 Å². The SMILES string of the molecule is C=CC(=O)N1CCCC(C(=O)N2CCC(n3cc(Br)cn3)CC2)C1. The molecular weight excluding hydrogens is 372 g/mol. The highest BCUT2D eigenvalue weighted by molar-refractivity contribution is 9.10. The topological polar surface area (TPSA) is 58.4 Å². The zero-order valence-corrected chi connectivity index (χ0v) is 15.3. The van der Waals surface area contributed by atoms with Gasteiger partial charge in [-0.2, -0.15) is 5.10 Å². The fraction of sp³-hybridized carbons (Fsp3) is 0.588. The van der Waals surface area contributed by atoms with Crippen molar-refractivity contribution in [1.82, 2.24) is 19.6 Å². The Morgan fingerprint density at radius 1 is 1.21 bits per heavy atom. The van der Waals surface area contributed by atoms with Crippen LogP contribution in [0.15, 0.2) is 29.5 Å². The number of carbonyl (C=O) groups is 2. The summed E-state index contributed by atoms with van der Waals surface area (Å²) in [5.41, 5.74) is 0. The van der Waals surface area contributed by atoms with Crippen LogP contribution in [0.4, 0.5) is 0 Å². The van der Waals surface area contributed by atoms with Gasteiger partial charge in [0.25, 0.3) is 0 Å². The minimum absolute atomic E-state index is 0.0713. The molecule has 2 aliphatic heterocycles. The first-order chi connectivity index (χ1) is 11.6. The quantitative estimate of drug-likeness (QED) is 0.738. The Balaban J connectivity index is 1.55. The summed E-state index contributed by atoms with van der Waals surface area (Å²) in [6.07, 6.45) is 8.71. The lowest BCUT2D eigenvalue weighted by atomic mass is 9.95. The zero-order valence-electron chi connectivity index (χ0n) is 13.7. The first-order valence-corrected chi connectivity index (χ1v) is 9.27. The molecule has 0 N–H and O–H groups in total. The van der Waals surface area contributed by atoms with Crippen molar-refractivity contribution in [3.05, 3.63) is 29.5 Å². The monoisotopic (exact) mass is 394 g/mol. The molecule has 3 heterocycles. The Labute approximate surface area is 150 Å². The number of rotatable bonds is 3. The normalized spacial score (nSPS) is 22.5. The molecule has 0 saturated carbocycles. The second-order valence-electron chi connectivity index (χ2n) is 6.52. The van der Waals surface area contributed by atoms with Crippen LogP contribution in [0.3, 0.4) is 0 Å². The fourth-order valence-corrected chi connectivity index (χ4v) is 3.93. The van der Waals surface area contributed by atoms with E-state index in [4.69, 9.17) is 0 Å². The standard InChI is InChI=1S/C17H23BrN4O2/c1-2-16(23)21-7-3-4-13(11-21)17(24)20-8-5-15(6-9-20)22-12-14(18)10-19-22/h2,10,12-13,15H,1,3-9,11H2. The third kappa shape index (κ3) is 3.71. The van der Waals surface area contributed by atoms with Gasteiger partial charge in [-0.25, -0.2) is 0 Å².